The summed E-state index contributed by atoms with van der Waals surface area (Å²) in [5.41, 5.74) is 0. The van der Waals surface area contributed by atoms with Crippen LogP contribution in [0.5, 0.6) is 5.75 Å². The van der Waals surface area contributed by atoms with Gasteiger partial charge in [-0.05, 0) is 12.1 Å². The molecule has 0 aromatic heterocycles. The van der Waals surface area contributed by atoms with Crippen LogP contribution in [-0.2, 0) is 19.1 Å². The lowest BCUT2D eigenvalue weighted by molar-refractivity contribution is -0.202. The average molecular weight is 208 g/mol. The lowest BCUT2D eigenvalue weighted by Gasteiger charge is -2.20. The van der Waals surface area contributed by atoms with Crippen LogP contribution in [0.2, 0.25) is 0 Å². The molecule has 5 heteroatoms. The van der Waals surface area contributed by atoms with Crippen molar-refractivity contribution in [2.24, 2.45) is 0 Å². The predicted molar refractivity (Wildman–Crippen MR) is 47.9 cm³/mol. The highest BCUT2D eigenvalue weighted by Gasteiger charge is 2.31. The van der Waals surface area contributed by atoms with Crippen LogP contribution in [0.1, 0.15) is 0 Å². The number of cyclic esters (lactones) is 2. The second-order valence-corrected chi connectivity index (χ2v) is 2.87. The molecule has 1 aromatic rings. The minimum absolute atomic E-state index is 0.275. The number of hydrogen-bond acceptors (Lipinski definition) is 5. The van der Waals surface area contributed by atoms with Gasteiger partial charge in [0.05, 0.1) is 0 Å². The predicted octanol–water partition coefficient (Wildman–Crippen LogP) is 0.492. The summed E-state index contributed by atoms with van der Waals surface area (Å²) in [7, 11) is 0. The van der Waals surface area contributed by atoms with E-state index in [0.29, 0.717) is 5.75 Å². The van der Waals surface area contributed by atoms with E-state index in [1.165, 1.54) is 0 Å². The molecule has 0 N–H and O–H groups in total. The largest absolute Gasteiger partial charge is 0.454 e. The third-order valence-corrected chi connectivity index (χ3v) is 1.75. The van der Waals surface area contributed by atoms with Gasteiger partial charge in [-0.2, -0.15) is 0 Å². The zero-order valence-electron chi connectivity index (χ0n) is 7.71. The molecular weight excluding hydrogens is 200 g/mol. The Balaban J connectivity index is 2.01. The van der Waals surface area contributed by atoms with E-state index in [1.807, 2.05) is 6.07 Å². The highest BCUT2D eigenvalue weighted by atomic mass is 16.7. The molecule has 1 atom stereocenters. The lowest BCUT2D eigenvalue weighted by atomic mass is 10.3. The standard InChI is InChI=1S/C10H8O5/c11-8-6-13-10(9(12)15-8)14-7-4-2-1-3-5-7/h1-5,10H,6H2. The number of hydrogen-bond donors (Lipinski definition) is 0. The number of esters is 2. The molecule has 0 aliphatic carbocycles. The molecule has 0 spiro atoms. The summed E-state index contributed by atoms with van der Waals surface area (Å²) in [4.78, 5) is 21.8. The van der Waals surface area contributed by atoms with Crippen LogP contribution >= 0.6 is 0 Å². The number of carbonyl (C=O) groups excluding carboxylic acids is 2. The Morgan fingerprint density at radius 3 is 2.60 bits per heavy atom. The van der Waals surface area contributed by atoms with Crippen LogP contribution in [0.15, 0.2) is 30.3 Å². The fraction of sp³-hybridized carbons (Fsp3) is 0.200. The Hall–Kier alpha value is -1.88. The van der Waals surface area contributed by atoms with Crippen molar-refractivity contribution in [2.75, 3.05) is 6.61 Å². The quantitative estimate of drug-likeness (QED) is 0.523. The monoisotopic (exact) mass is 208 g/mol. The van der Waals surface area contributed by atoms with Gasteiger partial charge in [0.2, 0.25) is 0 Å². The van der Waals surface area contributed by atoms with Crippen molar-refractivity contribution in [3.05, 3.63) is 30.3 Å². The third-order valence-electron chi connectivity index (χ3n) is 1.75. The SMILES string of the molecule is O=C1COC(Oc2ccccc2)C(=O)O1. The summed E-state index contributed by atoms with van der Waals surface area (Å²) in [6, 6.07) is 8.68. The van der Waals surface area contributed by atoms with E-state index in [1.54, 1.807) is 24.3 Å². The molecule has 5 nitrogen and oxygen atoms in total. The molecule has 0 saturated carbocycles. The van der Waals surface area contributed by atoms with E-state index in [4.69, 9.17) is 9.47 Å². The Bertz CT molecular complexity index is 373. The molecule has 78 valence electrons. The molecule has 0 radical (unpaired) electrons. The van der Waals surface area contributed by atoms with Crippen molar-refractivity contribution >= 4 is 11.9 Å². The normalized spacial score (nSPS) is 20.9. The molecule has 1 saturated heterocycles. The molecule has 0 bridgehead atoms. The number of ether oxygens (including phenoxy) is 3. The number of carbonyl (C=O) groups is 2. The van der Waals surface area contributed by atoms with Crippen LogP contribution in [0.4, 0.5) is 0 Å². The Morgan fingerprint density at radius 1 is 1.20 bits per heavy atom. The van der Waals surface area contributed by atoms with Crippen LogP contribution in [0, 0.1) is 0 Å². The van der Waals surface area contributed by atoms with Crippen LogP contribution < -0.4 is 4.74 Å². The van der Waals surface area contributed by atoms with Gasteiger partial charge in [0.15, 0.2) is 0 Å². The summed E-state index contributed by atoms with van der Waals surface area (Å²) in [5.74, 6) is -1.04. The Morgan fingerprint density at radius 2 is 1.93 bits per heavy atom. The average Bonchev–Trinajstić information content (AvgIpc) is 2.24. The lowest BCUT2D eigenvalue weighted by Crippen LogP contribution is -2.41. The van der Waals surface area contributed by atoms with E-state index >= 15 is 0 Å². The molecule has 1 unspecified atom stereocenters. The summed E-state index contributed by atoms with van der Waals surface area (Å²) in [6.45, 7) is -0.275. The van der Waals surface area contributed by atoms with Crippen molar-refractivity contribution in [2.45, 2.75) is 6.29 Å². The van der Waals surface area contributed by atoms with Gasteiger partial charge < -0.3 is 14.2 Å². The summed E-state index contributed by atoms with van der Waals surface area (Å²) in [6.07, 6.45) is -1.16. The maximum atomic E-state index is 11.1. The van der Waals surface area contributed by atoms with Gasteiger partial charge in [-0.3, -0.25) is 0 Å². The number of para-hydroxylation sites is 1. The van der Waals surface area contributed by atoms with Crippen LogP contribution in [0.3, 0.4) is 0 Å². The third kappa shape index (κ3) is 2.32. The van der Waals surface area contributed by atoms with Crippen LogP contribution in [-0.4, -0.2) is 24.8 Å². The van der Waals surface area contributed by atoms with Gasteiger partial charge in [-0.1, -0.05) is 18.2 Å². The molecule has 2 rings (SSSR count). The first-order chi connectivity index (χ1) is 7.25. The Labute approximate surface area is 85.5 Å². The summed E-state index contributed by atoms with van der Waals surface area (Å²) < 4.78 is 14.4. The van der Waals surface area contributed by atoms with Crippen molar-refractivity contribution in [3.63, 3.8) is 0 Å². The molecule has 1 aromatic carbocycles. The molecule has 1 heterocycles. The first kappa shape index (κ1) is 9.67. The molecule has 15 heavy (non-hydrogen) atoms. The van der Waals surface area contributed by atoms with Gasteiger partial charge in [-0.15, -0.1) is 0 Å². The van der Waals surface area contributed by atoms with Gasteiger partial charge in [0.1, 0.15) is 12.4 Å². The van der Waals surface area contributed by atoms with Crippen molar-refractivity contribution < 1.29 is 23.8 Å². The van der Waals surface area contributed by atoms with Gasteiger partial charge in [0, 0.05) is 0 Å². The molecule has 1 aliphatic rings. The minimum atomic E-state index is -1.16. The fourth-order valence-corrected chi connectivity index (χ4v) is 1.11. The van der Waals surface area contributed by atoms with E-state index in [9.17, 15) is 9.59 Å². The first-order valence-corrected chi connectivity index (χ1v) is 4.33. The summed E-state index contributed by atoms with van der Waals surface area (Å²) in [5, 5.41) is 0. The molecule has 1 aliphatic heterocycles. The van der Waals surface area contributed by atoms with E-state index < -0.39 is 18.2 Å². The summed E-state index contributed by atoms with van der Waals surface area (Å²) >= 11 is 0. The van der Waals surface area contributed by atoms with Crippen molar-refractivity contribution in [1.82, 2.24) is 0 Å². The van der Waals surface area contributed by atoms with E-state index in [2.05, 4.69) is 4.74 Å². The van der Waals surface area contributed by atoms with Gasteiger partial charge in [-0.25, -0.2) is 9.59 Å². The Kier molecular flexibility index (Phi) is 2.64. The maximum Gasteiger partial charge on any atom is 0.384 e. The zero-order valence-corrected chi connectivity index (χ0v) is 7.71. The first-order valence-electron chi connectivity index (χ1n) is 4.33. The maximum absolute atomic E-state index is 11.1. The molecule has 1 fully saturated rings. The minimum Gasteiger partial charge on any atom is -0.454 e. The number of benzene rings is 1. The van der Waals surface area contributed by atoms with Crippen molar-refractivity contribution in [1.29, 1.82) is 0 Å². The topological polar surface area (TPSA) is 61.8 Å². The molecule has 0 amide bonds. The highest BCUT2D eigenvalue weighted by molar-refractivity contribution is 5.90. The van der Waals surface area contributed by atoms with E-state index in [-0.39, 0.29) is 6.61 Å². The fourth-order valence-electron chi connectivity index (χ4n) is 1.11. The molecular formula is C10H8O5. The van der Waals surface area contributed by atoms with Gasteiger partial charge in [0.25, 0.3) is 0 Å². The zero-order chi connectivity index (χ0) is 10.7. The second-order valence-electron chi connectivity index (χ2n) is 2.87. The highest BCUT2D eigenvalue weighted by Crippen LogP contribution is 2.14. The second kappa shape index (κ2) is 4.10. The van der Waals surface area contributed by atoms with Crippen molar-refractivity contribution in [3.8, 4) is 5.75 Å². The smallest absolute Gasteiger partial charge is 0.384 e. The van der Waals surface area contributed by atoms with Crippen LogP contribution in [0.25, 0.3) is 0 Å². The van der Waals surface area contributed by atoms with E-state index in [0.717, 1.165) is 0 Å². The van der Waals surface area contributed by atoms with Gasteiger partial charge >= 0.3 is 18.2 Å². The number of rotatable bonds is 2.